The molecule has 0 saturated carbocycles. The number of fused-ring (bicyclic) bond motifs is 1. The zero-order valence-electron chi connectivity index (χ0n) is 14.8. The summed E-state index contributed by atoms with van der Waals surface area (Å²) < 4.78 is 11.3. The summed E-state index contributed by atoms with van der Waals surface area (Å²) in [7, 11) is 0. The average molecular weight is 438 g/mol. The predicted molar refractivity (Wildman–Crippen MR) is 107 cm³/mol. The molecule has 2 aromatic heterocycles. The molecule has 4 rings (SSSR count). The number of hydrogen-bond acceptors (Lipinski definition) is 6. The fraction of sp³-hybridized carbons (Fsp3) is 0.143. The molecule has 0 bridgehead atoms. The van der Waals surface area contributed by atoms with Crippen LogP contribution in [0.5, 0.6) is 0 Å². The first-order valence-corrected chi connectivity index (χ1v) is 9.55. The van der Waals surface area contributed by atoms with Crippen LogP contribution in [0.25, 0.3) is 22.3 Å². The number of ether oxygens (including phenoxy) is 1. The van der Waals surface area contributed by atoms with Gasteiger partial charge >= 0.3 is 5.97 Å². The van der Waals surface area contributed by atoms with Gasteiger partial charge in [-0.25, -0.2) is 0 Å². The normalized spacial score (nSPS) is 10.9. The lowest BCUT2D eigenvalue weighted by Crippen LogP contribution is -2.06. The molecule has 28 heavy (non-hydrogen) atoms. The van der Waals surface area contributed by atoms with Gasteiger partial charge in [0, 0.05) is 27.5 Å². The van der Waals surface area contributed by atoms with Crippen LogP contribution in [0.1, 0.15) is 18.0 Å². The third kappa shape index (κ3) is 4.43. The highest BCUT2D eigenvalue weighted by Gasteiger charge is 2.12. The number of carbonyl (C=O) groups excluding carboxylic acids is 1. The van der Waals surface area contributed by atoms with Crippen LogP contribution in [0, 0.1) is 0 Å². The smallest absolute Gasteiger partial charge is 0.306 e. The molecule has 0 aliphatic carbocycles. The molecule has 4 aromatic rings. The molecule has 0 unspecified atom stereocenters. The van der Waals surface area contributed by atoms with E-state index in [1.54, 1.807) is 0 Å². The lowest BCUT2D eigenvalue weighted by molar-refractivity contribution is -0.145. The van der Waals surface area contributed by atoms with E-state index in [2.05, 4.69) is 31.1 Å². The Kier molecular flexibility index (Phi) is 5.43. The van der Waals surface area contributed by atoms with Crippen molar-refractivity contribution in [3.63, 3.8) is 0 Å². The summed E-state index contributed by atoms with van der Waals surface area (Å²) in [5.41, 5.74) is 2.59. The highest BCUT2D eigenvalue weighted by atomic mass is 79.9. The minimum atomic E-state index is -0.336. The molecule has 0 aliphatic heterocycles. The third-order valence-electron chi connectivity index (χ3n) is 4.15. The van der Waals surface area contributed by atoms with Crippen molar-refractivity contribution in [3.05, 3.63) is 76.7 Å². The Morgan fingerprint density at radius 2 is 1.93 bits per heavy atom. The van der Waals surface area contributed by atoms with Gasteiger partial charge in [0.15, 0.2) is 6.61 Å². The van der Waals surface area contributed by atoms with Crippen molar-refractivity contribution in [2.24, 2.45) is 0 Å². The third-order valence-corrected chi connectivity index (χ3v) is 4.64. The van der Waals surface area contributed by atoms with E-state index in [1.807, 2.05) is 60.7 Å². The summed E-state index contributed by atoms with van der Waals surface area (Å²) in [6, 6.07) is 19.4. The average Bonchev–Trinajstić information content (AvgIpc) is 3.20. The van der Waals surface area contributed by atoms with Gasteiger partial charge in [-0.05, 0) is 24.3 Å². The zero-order valence-corrected chi connectivity index (χ0v) is 16.4. The summed E-state index contributed by atoms with van der Waals surface area (Å²) >= 11 is 3.41. The van der Waals surface area contributed by atoms with E-state index in [0.29, 0.717) is 12.2 Å². The molecule has 7 heteroatoms. The molecule has 0 atom stereocenters. The van der Waals surface area contributed by atoms with E-state index in [9.17, 15) is 4.79 Å². The molecule has 6 nitrogen and oxygen atoms in total. The van der Waals surface area contributed by atoms with Crippen LogP contribution in [0.2, 0.25) is 0 Å². The van der Waals surface area contributed by atoms with Crippen molar-refractivity contribution in [1.29, 1.82) is 0 Å². The standard InChI is InChI=1S/C21H16BrN3O3/c22-16-6-3-5-15(12-16)21-24-19(28-25-21)13-27-20(26)11-10-17-9-8-14-4-1-2-7-18(14)23-17/h1-9,12H,10-11,13H2. The number of halogens is 1. The Bertz CT molecular complexity index is 1130. The van der Waals surface area contributed by atoms with Gasteiger partial charge < -0.3 is 9.26 Å². The number of rotatable bonds is 6. The second-order valence-corrected chi connectivity index (χ2v) is 7.09. The van der Waals surface area contributed by atoms with Gasteiger partial charge in [-0.3, -0.25) is 9.78 Å². The number of carbonyl (C=O) groups is 1. The van der Waals surface area contributed by atoms with Crippen molar-refractivity contribution in [2.45, 2.75) is 19.4 Å². The van der Waals surface area contributed by atoms with Gasteiger partial charge in [0.2, 0.25) is 5.82 Å². The lowest BCUT2D eigenvalue weighted by atomic mass is 10.1. The second-order valence-electron chi connectivity index (χ2n) is 6.18. The van der Waals surface area contributed by atoms with Crippen molar-refractivity contribution in [3.8, 4) is 11.4 Å². The quantitative estimate of drug-likeness (QED) is 0.406. The monoisotopic (exact) mass is 437 g/mol. The minimum absolute atomic E-state index is 0.0506. The Hall–Kier alpha value is -3.06. The maximum Gasteiger partial charge on any atom is 0.306 e. The minimum Gasteiger partial charge on any atom is -0.456 e. The number of para-hydroxylation sites is 1. The van der Waals surface area contributed by atoms with Crippen molar-refractivity contribution >= 4 is 32.8 Å². The molecule has 140 valence electrons. The molecule has 0 fully saturated rings. The Morgan fingerprint density at radius 1 is 1.04 bits per heavy atom. The van der Waals surface area contributed by atoms with Crippen LogP contribution in [-0.4, -0.2) is 21.1 Å². The highest BCUT2D eigenvalue weighted by Crippen LogP contribution is 2.20. The van der Waals surface area contributed by atoms with E-state index in [1.165, 1.54) is 0 Å². The fourth-order valence-electron chi connectivity index (χ4n) is 2.75. The summed E-state index contributed by atoms with van der Waals surface area (Å²) in [5.74, 6) is 0.372. The molecule has 0 amide bonds. The Balaban J connectivity index is 1.31. The number of benzene rings is 2. The highest BCUT2D eigenvalue weighted by molar-refractivity contribution is 9.10. The molecule has 0 aliphatic rings. The SMILES string of the molecule is O=C(CCc1ccc2ccccc2n1)OCc1nc(-c2cccc(Br)c2)no1. The zero-order chi connectivity index (χ0) is 19.3. The maximum atomic E-state index is 12.0. The summed E-state index contributed by atoms with van der Waals surface area (Å²) in [6.07, 6.45) is 0.745. The predicted octanol–water partition coefficient (Wildman–Crippen LogP) is 4.72. The van der Waals surface area contributed by atoms with Gasteiger partial charge in [-0.2, -0.15) is 4.98 Å². The van der Waals surface area contributed by atoms with Crippen LogP contribution in [0.3, 0.4) is 0 Å². The van der Waals surface area contributed by atoms with E-state index >= 15 is 0 Å². The van der Waals surface area contributed by atoms with Crippen LogP contribution < -0.4 is 0 Å². The number of pyridine rings is 1. The van der Waals surface area contributed by atoms with Crippen LogP contribution in [-0.2, 0) is 22.6 Å². The molecular formula is C21H16BrN3O3. The first-order valence-electron chi connectivity index (χ1n) is 8.76. The van der Waals surface area contributed by atoms with Crippen molar-refractivity contribution in [2.75, 3.05) is 0 Å². The first kappa shape index (κ1) is 18.3. The number of nitrogens with zero attached hydrogens (tertiary/aromatic N) is 3. The topological polar surface area (TPSA) is 78.1 Å². The summed E-state index contributed by atoms with van der Waals surface area (Å²) in [5, 5.41) is 5.00. The number of hydrogen-bond donors (Lipinski definition) is 0. The van der Waals surface area contributed by atoms with E-state index in [4.69, 9.17) is 9.26 Å². The molecular weight excluding hydrogens is 422 g/mol. The van der Waals surface area contributed by atoms with Gasteiger partial charge in [0.05, 0.1) is 11.9 Å². The van der Waals surface area contributed by atoms with Gasteiger partial charge in [-0.15, -0.1) is 0 Å². The lowest BCUT2D eigenvalue weighted by Gasteiger charge is -2.03. The largest absolute Gasteiger partial charge is 0.456 e. The molecule has 0 spiro atoms. The maximum absolute atomic E-state index is 12.0. The number of aromatic nitrogens is 3. The summed E-state index contributed by atoms with van der Waals surface area (Å²) in [6.45, 7) is -0.0506. The molecule has 2 aromatic carbocycles. The molecule has 2 heterocycles. The second kappa shape index (κ2) is 8.31. The fourth-order valence-corrected chi connectivity index (χ4v) is 3.15. The van der Waals surface area contributed by atoms with E-state index < -0.39 is 0 Å². The van der Waals surface area contributed by atoms with Crippen LogP contribution >= 0.6 is 15.9 Å². The van der Waals surface area contributed by atoms with Gasteiger partial charge in [-0.1, -0.05) is 57.5 Å². The van der Waals surface area contributed by atoms with Crippen molar-refractivity contribution < 1.29 is 14.1 Å². The summed E-state index contributed by atoms with van der Waals surface area (Å²) in [4.78, 5) is 20.8. The Labute approximate surface area is 169 Å². The molecule has 0 radical (unpaired) electrons. The molecule has 0 saturated heterocycles. The Morgan fingerprint density at radius 3 is 2.82 bits per heavy atom. The van der Waals surface area contributed by atoms with Crippen LogP contribution in [0.15, 0.2) is 69.7 Å². The first-order chi connectivity index (χ1) is 13.7. The van der Waals surface area contributed by atoms with Crippen LogP contribution in [0.4, 0.5) is 0 Å². The number of aryl methyl sites for hydroxylation is 1. The van der Waals surface area contributed by atoms with Gasteiger partial charge in [0.25, 0.3) is 5.89 Å². The van der Waals surface area contributed by atoms with Gasteiger partial charge in [0.1, 0.15) is 0 Å². The van der Waals surface area contributed by atoms with Crippen molar-refractivity contribution in [1.82, 2.24) is 15.1 Å². The van der Waals surface area contributed by atoms with E-state index in [-0.39, 0.29) is 24.9 Å². The molecule has 0 N–H and O–H groups in total. The number of esters is 1. The van der Waals surface area contributed by atoms with E-state index in [0.717, 1.165) is 26.6 Å².